The molecule has 0 aliphatic heterocycles. The Balaban J connectivity index is 2.19. The number of rotatable bonds is 8. The number of nitro benzene ring substituents is 1. The molecule has 1 rings (SSSR count). The monoisotopic (exact) mass is 276 g/mol. The van der Waals surface area contributed by atoms with E-state index in [1.165, 1.54) is 12.1 Å². The normalized spacial score (nSPS) is 9.75. The fourth-order valence-electron chi connectivity index (χ4n) is 1.54. The van der Waals surface area contributed by atoms with Crippen LogP contribution < -0.4 is 10.6 Å². The Labute approximate surface area is 116 Å². The number of hydrogen-bond donors (Lipinski definition) is 2. The van der Waals surface area contributed by atoms with Crippen molar-refractivity contribution in [1.82, 2.24) is 10.6 Å². The van der Waals surface area contributed by atoms with E-state index in [-0.39, 0.29) is 18.1 Å². The van der Waals surface area contributed by atoms with Crippen molar-refractivity contribution >= 4 is 11.6 Å². The van der Waals surface area contributed by atoms with Gasteiger partial charge in [-0.15, -0.1) is 0 Å². The van der Waals surface area contributed by atoms with Crippen molar-refractivity contribution in [3.05, 3.63) is 39.9 Å². The van der Waals surface area contributed by atoms with Crippen molar-refractivity contribution < 1.29 is 9.72 Å². The number of hydrogen-bond acceptors (Lipinski definition) is 5. The molecule has 0 aliphatic carbocycles. The van der Waals surface area contributed by atoms with E-state index in [1.54, 1.807) is 12.1 Å². The zero-order valence-corrected chi connectivity index (χ0v) is 11.0. The van der Waals surface area contributed by atoms with Crippen LogP contribution in [0.5, 0.6) is 0 Å². The van der Waals surface area contributed by atoms with Crippen molar-refractivity contribution in [3.63, 3.8) is 0 Å². The maximum absolute atomic E-state index is 11.3. The van der Waals surface area contributed by atoms with Gasteiger partial charge in [-0.25, -0.2) is 0 Å². The molecule has 0 aromatic heterocycles. The summed E-state index contributed by atoms with van der Waals surface area (Å²) in [5.41, 5.74) is 1.03. The second kappa shape index (κ2) is 8.61. The minimum atomic E-state index is -0.437. The first-order valence-corrected chi connectivity index (χ1v) is 6.21. The Bertz CT molecular complexity index is 493. The van der Waals surface area contributed by atoms with Crippen LogP contribution in [0.4, 0.5) is 5.69 Å². The summed E-state index contributed by atoms with van der Waals surface area (Å²) in [6.45, 7) is 1.15. The Hall–Kier alpha value is -2.46. The van der Waals surface area contributed by atoms with Crippen molar-refractivity contribution in [2.75, 3.05) is 19.6 Å². The summed E-state index contributed by atoms with van der Waals surface area (Å²) in [6.07, 6.45) is 0.984. The third-order valence-corrected chi connectivity index (χ3v) is 2.58. The van der Waals surface area contributed by atoms with Gasteiger partial charge in [-0.05, 0) is 18.5 Å². The number of nitriles is 1. The Morgan fingerprint density at radius 2 is 2.00 bits per heavy atom. The number of non-ortho nitro benzene ring substituents is 1. The molecule has 7 heteroatoms. The Morgan fingerprint density at radius 3 is 2.60 bits per heavy atom. The first-order chi connectivity index (χ1) is 9.63. The van der Waals surface area contributed by atoms with E-state index in [0.29, 0.717) is 25.9 Å². The van der Waals surface area contributed by atoms with Gasteiger partial charge >= 0.3 is 0 Å². The molecule has 0 saturated carbocycles. The van der Waals surface area contributed by atoms with Crippen LogP contribution in [0.25, 0.3) is 0 Å². The topological polar surface area (TPSA) is 108 Å². The molecule has 0 saturated heterocycles. The largest absolute Gasteiger partial charge is 0.354 e. The van der Waals surface area contributed by atoms with Crippen LogP contribution in [0.1, 0.15) is 12.0 Å². The average molecular weight is 276 g/mol. The van der Waals surface area contributed by atoms with Gasteiger partial charge in [0.2, 0.25) is 5.91 Å². The predicted molar refractivity (Wildman–Crippen MR) is 72.9 cm³/mol. The highest BCUT2D eigenvalue weighted by atomic mass is 16.6. The second-order valence-corrected chi connectivity index (χ2v) is 4.11. The van der Waals surface area contributed by atoms with Crippen LogP contribution in [0, 0.1) is 21.4 Å². The van der Waals surface area contributed by atoms with Crippen LogP contribution in [-0.4, -0.2) is 30.5 Å². The zero-order chi connectivity index (χ0) is 14.8. The number of benzene rings is 1. The van der Waals surface area contributed by atoms with Gasteiger partial charge in [0.25, 0.3) is 5.69 Å². The van der Waals surface area contributed by atoms with Crippen molar-refractivity contribution in [2.45, 2.75) is 12.8 Å². The highest BCUT2D eigenvalue weighted by Gasteiger charge is 2.04. The molecule has 0 heterocycles. The van der Waals surface area contributed by atoms with Crippen LogP contribution in [-0.2, 0) is 11.2 Å². The van der Waals surface area contributed by atoms with E-state index in [2.05, 4.69) is 10.6 Å². The lowest BCUT2D eigenvalue weighted by molar-refractivity contribution is -0.384. The van der Waals surface area contributed by atoms with Gasteiger partial charge in [0.15, 0.2) is 0 Å². The standard InChI is InChI=1S/C13H16N4O3/c14-7-1-8-16-13(18)10-15-9-6-11-2-4-12(5-3-11)17(19)20/h2-5,15H,1,6,8-10H2,(H,16,18). The summed E-state index contributed by atoms with van der Waals surface area (Å²) in [5.74, 6) is -0.149. The Kier molecular flexibility index (Phi) is 6.71. The highest BCUT2D eigenvalue weighted by molar-refractivity contribution is 5.77. The summed E-state index contributed by atoms with van der Waals surface area (Å²) in [5, 5.41) is 24.4. The maximum atomic E-state index is 11.3. The lowest BCUT2D eigenvalue weighted by Crippen LogP contribution is -2.35. The summed E-state index contributed by atoms with van der Waals surface area (Å²) in [4.78, 5) is 21.3. The van der Waals surface area contributed by atoms with E-state index in [4.69, 9.17) is 5.26 Å². The maximum Gasteiger partial charge on any atom is 0.269 e. The number of nitrogens with zero attached hydrogens (tertiary/aromatic N) is 2. The molecule has 0 atom stereocenters. The van der Waals surface area contributed by atoms with E-state index in [9.17, 15) is 14.9 Å². The summed E-state index contributed by atoms with van der Waals surface area (Å²) < 4.78 is 0. The highest BCUT2D eigenvalue weighted by Crippen LogP contribution is 2.11. The van der Waals surface area contributed by atoms with Crippen LogP contribution in [0.15, 0.2) is 24.3 Å². The Morgan fingerprint density at radius 1 is 1.30 bits per heavy atom. The van der Waals surface area contributed by atoms with Gasteiger partial charge in [0.1, 0.15) is 0 Å². The van der Waals surface area contributed by atoms with Crippen molar-refractivity contribution in [2.24, 2.45) is 0 Å². The molecule has 0 radical (unpaired) electrons. The van der Waals surface area contributed by atoms with Gasteiger partial charge in [0, 0.05) is 18.7 Å². The molecule has 7 nitrogen and oxygen atoms in total. The first kappa shape index (κ1) is 15.6. The molecule has 0 bridgehead atoms. The molecule has 1 aromatic carbocycles. The van der Waals surface area contributed by atoms with Gasteiger partial charge in [0.05, 0.1) is 24.0 Å². The molecule has 1 amide bonds. The van der Waals surface area contributed by atoms with E-state index in [0.717, 1.165) is 5.56 Å². The number of amides is 1. The fraction of sp³-hybridized carbons (Fsp3) is 0.385. The van der Waals surface area contributed by atoms with Crippen LogP contribution >= 0.6 is 0 Å². The van der Waals surface area contributed by atoms with Crippen molar-refractivity contribution in [3.8, 4) is 6.07 Å². The minimum absolute atomic E-state index is 0.0681. The number of nitro groups is 1. The van der Waals surface area contributed by atoms with E-state index >= 15 is 0 Å². The van der Waals surface area contributed by atoms with Gasteiger partial charge < -0.3 is 10.6 Å². The molecule has 0 unspecified atom stereocenters. The van der Waals surface area contributed by atoms with E-state index in [1.807, 2.05) is 6.07 Å². The molecular weight excluding hydrogens is 260 g/mol. The summed E-state index contributed by atoms with van der Waals surface area (Å²) in [7, 11) is 0. The molecule has 0 aliphatic rings. The van der Waals surface area contributed by atoms with Crippen molar-refractivity contribution in [1.29, 1.82) is 5.26 Å². The predicted octanol–water partition coefficient (Wildman–Crippen LogP) is 0.757. The third kappa shape index (κ3) is 5.93. The van der Waals surface area contributed by atoms with Gasteiger partial charge in [-0.1, -0.05) is 12.1 Å². The van der Waals surface area contributed by atoms with Gasteiger partial charge in [-0.3, -0.25) is 14.9 Å². The second-order valence-electron chi connectivity index (χ2n) is 4.11. The number of carbonyl (C=O) groups excluding carboxylic acids is 1. The SMILES string of the molecule is N#CCCNC(=O)CNCCc1ccc([N+](=O)[O-])cc1. The molecule has 2 N–H and O–H groups in total. The number of nitrogens with one attached hydrogen (secondary N) is 2. The number of carbonyl (C=O) groups is 1. The smallest absolute Gasteiger partial charge is 0.269 e. The lowest BCUT2D eigenvalue weighted by Gasteiger charge is -2.05. The summed E-state index contributed by atoms with van der Waals surface area (Å²) in [6, 6.07) is 8.27. The van der Waals surface area contributed by atoms with Crippen LogP contribution in [0.3, 0.4) is 0 Å². The zero-order valence-electron chi connectivity index (χ0n) is 11.0. The molecular formula is C13H16N4O3. The quantitative estimate of drug-likeness (QED) is 0.414. The average Bonchev–Trinajstić information content (AvgIpc) is 2.44. The third-order valence-electron chi connectivity index (χ3n) is 2.58. The molecule has 1 aromatic rings. The molecule has 0 fully saturated rings. The fourth-order valence-corrected chi connectivity index (χ4v) is 1.54. The molecule has 0 spiro atoms. The van der Waals surface area contributed by atoms with E-state index < -0.39 is 4.92 Å². The molecule has 20 heavy (non-hydrogen) atoms. The van der Waals surface area contributed by atoms with Gasteiger partial charge in [-0.2, -0.15) is 5.26 Å². The first-order valence-electron chi connectivity index (χ1n) is 6.21. The molecule has 106 valence electrons. The minimum Gasteiger partial charge on any atom is -0.354 e. The summed E-state index contributed by atoms with van der Waals surface area (Å²) >= 11 is 0. The lowest BCUT2D eigenvalue weighted by atomic mass is 10.1. The van der Waals surface area contributed by atoms with Crippen LogP contribution in [0.2, 0.25) is 0 Å².